The van der Waals surface area contributed by atoms with E-state index in [2.05, 4.69) is 10.1 Å². The second-order valence-electron chi connectivity index (χ2n) is 8.99. The maximum Gasteiger partial charge on any atom is 0.225 e. The lowest BCUT2D eigenvalue weighted by atomic mass is 10.00. The van der Waals surface area contributed by atoms with E-state index < -0.39 is 18.0 Å². The molecule has 4 aromatic rings. The zero-order chi connectivity index (χ0) is 25.6. The molecule has 36 heavy (non-hydrogen) atoms. The number of rotatable bonds is 6. The van der Waals surface area contributed by atoms with Crippen LogP contribution in [0.3, 0.4) is 0 Å². The van der Waals surface area contributed by atoms with Crippen LogP contribution in [0.4, 0.5) is 4.39 Å². The van der Waals surface area contributed by atoms with Gasteiger partial charge in [-0.05, 0) is 43.7 Å². The smallest absolute Gasteiger partial charge is 0.225 e. The Labute approximate surface area is 212 Å². The number of halogens is 2. The number of aliphatic hydroxyl groups is 1. The number of hydrogen-bond donors (Lipinski definition) is 1. The number of aryl methyl sites for hydroxylation is 2. The first-order chi connectivity index (χ1) is 17.2. The van der Waals surface area contributed by atoms with Crippen LogP contribution >= 0.6 is 11.6 Å². The van der Waals surface area contributed by atoms with Crippen LogP contribution in [0.1, 0.15) is 36.2 Å². The fourth-order valence-corrected chi connectivity index (χ4v) is 5.01. The van der Waals surface area contributed by atoms with Gasteiger partial charge in [0.25, 0.3) is 0 Å². The van der Waals surface area contributed by atoms with Crippen LogP contribution in [0, 0.1) is 12.7 Å². The molecule has 3 heterocycles. The summed E-state index contributed by atoms with van der Waals surface area (Å²) >= 11 is 6.46. The molecule has 0 saturated carbocycles. The van der Waals surface area contributed by atoms with E-state index in [0.29, 0.717) is 28.2 Å². The second kappa shape index (κ2) is 9.48. The standard InChI is InChI=1S/C26H25ClFN5O3/c1-14-7-20(26-29-13-30-32(26)3)18-5-4-6-23(25(18)31-14)36-12-21-19(8-16(28)9-22(21)27)15(2)33-11-17(34)10-24(33)35/h4-9,13,15,17,34H,10-12H2,1-3H3/t15-,17-/m0/s1. The largest absolute Gasteiger partial charge is 0.487 e. The Morgan fingerprint density at radius 1 is 1.31 bits per heavy atom. The van der Waals surface area contributed by atoms with Crippen LogP contribution in [-0.4, -0.2) is 48.3 Å². The molecule has 1 N–H and O–H groups in total. The van der Waals surface area contributed by atoms with E-state index in [4.69, 9.17) is 21.3 Å². The summed E-state index contributed by atoms with van der Waals surface area (Å²) in [5.74, 6) is 0.546. The molecule has 0 aliphatic carbocycles. The Kier molecular flexibility index (Phi) is 6.36. The molecule has 10 heteroatoms. The van der Waals surface area contributed by atoms with Crippen molar-refractivity contribution in [3.63, 3.8) is 0 Å². The van der Waals surface area contributed by atoms with Crippen molar-refractivity contribution in [1.82, 2.24) is 24.6 Å². The third-order valence-corrected chi connectivity index (χ3v) is 6.84. The number of β-amino-alcohol motifs (C(OH)–C–C–N with tert-alkyl or cyclic N) is 1. The van der Waals surface area contributed by atoms with Crippen LogP contribution in [0.25, 0.3) is 22.3 Å². The number of amides is 1. The summed E-state index contributed by atoms with van der Waals surface area (Å²) in [4.78, 5) is 23.0. The molecule has 1 aliphatic rings. The number of ether oxygens (including phenoxy) is 1. The Bertz CT molecular complexity index is 1470. The molecule has 0 unspecified atom stereocenters. The highest BCUT2D eigenvalue weighted by atomic mass is 35.5. The fraction of sp³-hybridized carbons (Fsp3) is 0.308. The number of para-hydroxylation sites is 1. The van der Waals surface area contributed by atoms with Gasteiger partial charge in [0.2, 0.25) is 5.91 Å². The summed E-state index contributed by atoms with van der Waals surface area (Å²) in [5, 5.41) is 15.2. The SMILES string of the molecule is Cc1cc(-c2ncnn2C)c2cccc(OCc3c(Cl)cc(F)cc3[C@H](C)N3C[C@@H](O)CC3=O)c2n1. The Balaban J connectivity index is 1.52. The number of fused-ring (bicyclic) bond motifs is 1. The quantitative estimate of drug-likeness (QED) is 0.415. The molecule has 2 aromatic carbocycles. The summed E-state index contributed by atoms with van der Waals surface area (Å²) in [5.41, 5.74) is 3.42. The van der Waals surface area contributed by atoms with Gasteiger partial charge in [0, 0.05) is 35.8 Å². The van der Waals surface area contributed by atoms with Gasteiger partial charge in [-0.1, -0.05) is 23.7 Å². The monoisotopic (exact) mass is 509 g/mol. The number of likely N-dealkylation sites (tertiary alicyclic amines) is 1. The topological polar surface area (TPSA) is 93.4 Å². The lowest BCUT2D eigenvalue weighted by Crippen LogP contribution is -2.30. The molecule has 1 saturated heterocycles. The summed E-state index contributed by atoms with van der Waals surface area (Å²) in [7, 11) is 1.83. The number of aliphatic hydroxyl groups excluding tert-OH is 1. The Hall–Kier alpha value is -3.56. The van der Waals surface area contributed by atoms with Crippen LogP contribution < -0.4 is 4.74 Å². The van der Waals surface area contributed by atoms with Crippen LogP contribution in [0.5, 0.6) is 5.75 Å². The average Bonchev–Trinajstić information content (AvgIpc) is 3.41. The fourth-order valence-electron chi connectivity index (χ4n) is 4.74. The zero-order valence-corrected chi connectivity index (χ0v) is 20.8. The van der Waals surface area contributed by atoms with E-state index >= 15 is 0 Å². The molecule has 2 aromatic heterocycles. The van der Waals surface area contributed by atoms with E-state index in [1.165, 1.54) is 23.4 Å². The minimum atomic E-state index is -0.739. The summed E-state index contributed by atoms with van der Waals surface area (Å²) in [6.45, 7) is 3.91. The van der Waals surface area contributed by atoms with E-state index in [9.17, 15) is 14.3 Å². The first-order valence-electron chi connectivity index (χ1n) is 11.6. The van der Waals surface area contributed by atoms with Crippen molar-refractivity contribution in [3.8, 4) is 17.1 Å². The van der Waals surface area contributed by atoms with E-state index in [1.54, 1.807) is 11.6 Å². The zero-order valence-electron chi connectivity index (χ0n) is 20.1. The molecule has 0 radical (unpaired) electrons. The van der Waals surface area contributed by atoms with Crippen molar-refractivity contribution < 1.29 is 19.0 Å². The third kappa shape index (κ3) is 4.40. The first kappa shape index (κ1) is 24.1. The van der Waals surface area contributed by atoms with Crippen molar-refractivity contribution in [2.45, 2.75) is 39.0 Å². The van der Waals surface area contributed by atoms with Gasteiger partial charge >= 0.3 is 0 Å². The first-order valence-corrected chi connectivity index (χ1v) is 11.9. The minimum absolute atomic E-state index is 0.0391. The number of benzene rings is 2. The third-order valence-electron chi connectivity index (χ3n) is 6.51. The lowest BCUT2D eigenvalue weighted by Gasteiger charge is -2.27. The number of carbonyl (C=O) groups excluding carboxylic acids is 1. The predicted molar refractivity (Wildman–Crippen MR) is 133 cm³/mol. The molecule has 5 rings (SSSR count). The molecule has 8 nitrogen and oxygen atoms in total. The minimum Gasteiger partial charge on any atom is -0.487 e. The van der Waals surface area contributed by atoms with Gasteiger partial charge in [-0.2, -0.15) is 5.10 Å². The Morgan fingerprint density at radius 3 is 2.81 bits per heavy atom. The van der Waals surface area contributed by atoms with Gasteiger partial charge in [-0.25, -0.2) is 19.0 Å². The molecule has 2 atom stereocenters. The van der Waals surface area contributed by atoms with Crippen molar-refractivity contribution in [1.29, 1.82) is 0 Å². The summed E-state index contributed by atoms with van der Waals surface area (Å²) < 4.78 is 22.3. The summed E-state index contributed by atoms with van der Waals surface area (Å²) in [6, 6.07) is 9.69. The number of carbonyl (C=O) groups is 1. The highest BCUT2D eigenvalue weighted by molar-refractivity contribution is 6.31. The van der Waals surface area contributed by atoms with Crippen molar-refractivity contribution in [2.24, 2.45) is 7.05 Å². The van der Waals surface area contributed by atoms with Crippen molar-refractivity contribution in [3.05, 3.63) is 70.4 Å². The molecular weight excluding hydrogens is 485 g/mol. The highest BCUT2D eigenvalue weighted by Crippen LogP contribution is 2.35. The highest BCUT2D eigenvalue weighted by Gasteiger charge is 2.33. The molecule has 1 aliphatic heterocycles. The van der Waals surface area contributed by atoms with Crippen LogP contribution in [0.15, 0.2) is 42.7 Å². The summed E-state index contributed by atoms with van der Waals surface area (Å²) in [6.07, 6.45) is 0.811. The molecule has 186 valence electrons. The lowest BCUT2D eigenvalue weighted by molar-refractivity contribution is -0.129. The van der Waals surface area contributed by atoms with Crippen LogP contribution in [0.2, 0.25) is 5.02 Å². The van der Waals surface area contributed by atoms with Gasteiger partial charge in [0.1, 0.15) is 30.0 Å². The average molecular weight is 510 g/mol. The normalized spacial score (nSPS) is 16.7. The van der Waals surface area contributed by atoms with Gasteiger partial charge in [-0.15, -0.1) is 0 Å². The molecular formula is C26H25ClFN5O3. The molecule has 0 bridgehead atoms. The van der Waals surface area contributed by atoms with E-state index in [0.717, 1.165) is 16.6 Å². The predicted octanol–water partition coefficient (Wildman–Crippen LogP) is 4.36. The van der Waals surface area contributed by atoms with E-state index in [-0.39, 0.29) is 30.5 Å². The number of pyridine rings is 1. The molecule has 0 spiro atoms. The van der Waals surface area contributed by atoms with Crippen molar-refractivity contribution >= 4 is 28.4 Å². The Morgan fingerprint density at radius 2 is 2.11 bits per heavy atom. The van der Waals surface area contributed by atoms with Gasteiger partial charge < -0.3 is 14.7 Å². The van der Waals surface area contributed by atoms with Gasteiger partial charge in [-0.3, -0.25) is 4.79 Å². The number of hydrogen-bond acceptors (Lipinski definition) is 6. The number of nitrogens with zero attached hydrogens (tertiary/aromatic N) is 5. The molecule has 1 amide bonds. The second-order valence-corrected chi connectivity index (χ2v) is 9.40. The molecule has 1 fully saturated rings. The van der Waals surface area contributed by atoms with Crippen molar-refractivity contribution in [2.75, 3.05) is 6.54 Å². The maximum atomic E-state index is 14.4. The number of aromatic nitrogens is 4. The maximum absolute atomic E-state index is 14.4. The van der Waals surface area contributed by atoms with Gasteiger partial charge in [0.05, 0.1) is 23.6 Å². The van der Waals surface area contributed by atoms with Crippen LogP contribution in [-0.2, 0) is 18.4 Å². The van der Waals surface area contributed by atoms with E-state index in [1.807, 2.05) is 38.2 Å². The van der Waals surface area contributed by atoms with Gasteiger partial charge in [0.15, 0.2) is 5.82 Å².